The molecule has 0 spiro atoms. The molecule has 0 nitrogen and oxygen atoms in total. The molecule has 0 heterocycles. The van der Waals surface area contributed by atoms with E-state index in [1.807, 2.05) is 0 Å². The number of hydrogen-bond acceptors (Lipinski definition) is 0. The normalized spacial score (nSPS) is 17.0. The average Bonchev–Trinajstić information content (AvgIpc) is 3.32. The Labute approximate surface area is 164 Å². The molecule has 0 amide bonds. The first-order valence-corrected chi connectivity index (χ1v) is 10.0. The second-order valence-electron chi connectivity index (χ2n) is 8.11. The molecule has 0 aliphatic heterocycles. The second kappa shape index (κ2) is 5.11. The van der Waals surface area contributed by atoms with Crippen LogP contribution >= 0.6 is 0 Å². The number of rotatable bonds is 0. The highest BCUT2D eigenvalue weighted by atomic mass is 14.4. The van der Waals surface area contributed by atoms with E-state index in [4.69, 9.17) is 0 Å². The van der Waals surface area contributed by atoms with Gasteiger partial charge in [0.05, 0.1) is 0 Å². The molecule has 4 aromatic rings. The Hall–Kier alpha value is -3.38. The van der Waals surface area contributed by atoms with E-state index in [1.165, 1.54) is 61.2 Å². The highest BCUT2D eigenvalue weighted by Gasteiger charge is 2.37. The number of benzene rings is 4. The van der Waals surface area contributed by atoms with Gasteiger partial charge in [0.1, 0.15) is 0 Å². The van der Waals surface area contributed by atoms with E-state index in [2.05, 4.69) is 91.0 Å². The van der Waals surface area contributed by atoms with Crippen molar-refractivity contribution in [1.29, 1.82) is 0 Å². The van der Waals surface area contributed by atoms with Crippen molar-refractivity contribution in [2.45, 2.75) is 12.3 Å². The Kier molecular flexibility index (Phi) is 2.67. The molecule has 1 unspecified atom stereocenters. The molecule has 3 aliphatic carbocycles. The Balaban J connectivity index is 1.61. The molecule has 1 atom stereocenters. The van der Waals surface area contributed by atoms with Crippen LogP contribution in [0.25, 0.3) is 33.9 Å². The Morgan fingerprint density at radius 3 is 2.21 bits per heavy atom. The van der Waals surface area contributed by atoms with Crippen molar-refractivity contribution in [3.8, 4) is 22.3 Å². The van der Waals surface area contributed by atoms with Crippen LogP contribution in [0.3, 0.4) is 0 Å². The summed E-state index contributed by atoms with van der Waals surface area (Å²) in [5, 5.41) is 0. The molecule has 0 fully saturated rings. The third kappa shape index (κ3) is 1.71. The van der Waals surface area contributed by atoms with Crippen LogP contribution in [0.15, 0.2) is 84.9 Å². The van der Waals surface area contributed by atoms with E-state index in [1.54, 1.807) is 0 Å². The van der Waals surface area contributed by atoms with Gasteiger partial charge in [0.2, 0.25) is 0 Å². The third-order valence-electron chi connectivity index (χ3n) is 6.74. The Morgan fingerprint density at radius 2 is 1.29 bits per heavy atom. The lowest BCUT2D eigenvalue weighted by Crippen LogP contribution is -2.10. The van der Waals surface area contributed by atoms with E-state index in [0.717, 1.165) is 6.42 Å². The maximum absolute atomic E-state index is 2.42. The molecule has 0 saturated carbocycles. The van der Waals surface area contributed by atoms with Crippen LogP contribution in [-0.4, -0.2) is 0 Å². The molecule has 4 aromatic carbocycles. The number of hydrogen-bond donors (Lipinski definition) is 0. The van der Waals surface area contributed by atoms with Gasteiger partial charge in [-0.05, 0) is 73.7 Å². The van der Waals surface area contributed by atoms with Gasteiger partial charge >= 0.3 is 0 Å². The molecule has 0 N–H and O–H groups in total. The fourth-order valence-corrected chi connectivity index (χ4v) is 5.61. The average molecular weight is 354 g/mol. The second-order valence-corrected chi connectivity index (χ2v) is 8.11. The molecule has 28 heavy (non-hydrogen) atoms. The molecule has 0 saturated heterocycles. The zero-order valence-electron chi connectivity index (χ0n) is 15.4. The van der Waals surface area contributed by atoms with Gasteiger partial charge in [0, 0.05) is 5.92 Å². The summed E-state index contributed by atoms with van der Waals surface area (Å²) >= 11 is 0. The number of allylic oxidation sites excluding steroid dienone is 1. The van der Waals surface area contributed by atoms with E-state index >= 15 is 0 Å². The van der Waals surface area contributed by atoms with Gasteiger partial charge in [-0.25, -0.2) is 0 Å². The van der Waals surface area contributed by atoms with E-state index in [0.29, 0.717) is 5.92 Å². The molecule has 0 radical (unpaired) electrons. The summed E-state index contributed by atoms with van der Waals surface area (Å²) < 4.78 is 0. The summed E-state index contributed by atoms with van der Waals surface area (Å²) in [6.07, 6.45) is 3.46. The SMILES string of the molecule is C1=C2c3ccc4c(c3-c3ccccc3C2c2ccccc21)-c1ccccc1C4. The summed E-state index contributed by atoms with van der Waals surface area (Å²) in [5.74, 6) is 0.356. The zero-order chi connectivity index (χ0) is 18.2. The topological polar surface area (TPSA) is 0 Å². The first-order chi connectivity index (χ1) is 13.9. The lowest BCUT2D eigenvalue weighted by molar-refractivity contribution is 1.05. The third-order valence-corrected chi connectivity index (χ3v) is 6.74. The Bertz CT molecular complexity index is 1340. The van der Waals surface area contributed by atoms with Crippen LogP contribution < -0.4 is 0 Å². The standard InChI is InChI=1S/C28H18/c1-3-9-20-17(7-1)15-19-13-14-24-25-16-18-8-2-4-10-21(18)27(25)22-11-5-6-12-23(22)28(24)26(19)20/h1-14,16,27H,15H2. The molecular formula is C28H18. The van der Waals surface area contributed by atoms with E-state index in [9.17, 15) is 0 Å². The minimum atomic E-state index is 0.356. The molecule has 0 bridgehead atoms. The van der Waals surface area contributed by atoms with Crippen LogP contribution in [0.5, 0.6) is 0 Å². The van der Waals surface area contributed by atoms with Crippen molar-refractivity contribution in [1.82, 2.24) is 0 Å². The highest BCUT2D eigenvalue weighted by Crippen LogP contribution is 2.57. The van der Waals surface area contributed by atoms with Crippen molar-refractivity contribution in [3.63, 3.8) is 0 Å². The van der Waals surface area contributed by atoms with Crippen molar-refractivity contribution >= 4 is 11.6 Å². The minimum absolute atomic E-state index is 0.356. The summed E-state index contributed by atoms with van der Waals surface area (Å²) in [6.45, 7) is 0. The van der Waals surface area contributed by atoms with Gasteiger partial charge in [0.25, 0.3) is 0 Å². The van der Waals surface area contributed by atoms with Crippen LogP contribution in [-0.2, 0) is 6.42 Å². The maximum atomic E-state index is 2.42. The van der Waals surface area contributed by atoms with Gasteiger partial charge < -0.3 is 0 Å². The van der Waals surface area contributed by atoms with Crippen molar-refractivity contribution in [2.75, 3.05) is 0 Å². The summed E-state index contributed by atoms with van der Waals surface area (Å²) in [5.41, 5.74) is 15.8. The molecule has 0 aromatic heterocycles. The van der Waals surface area contributed by atoms with Crippen LogP contribution in [0.1, 0.15) is 39.3 Å². The van der Waals surface area contributed by atoms with E-state index < -0.39 is 0 Å². The van der Waals surface area contributed by atoms with E-state index in [-0.39, 0.29) is 0 Å². The van der Waals surface area contributed by atoms with Gasteiger partial charge in [-0.15, -0.1) is 0 Å². The van der Waals surface area contributed by atoms with Gasteiger partial charge in [-0.1, -0.05) is 84.9 Å². The molecule has 7 rings (SSSR count). The monoisotopic (exact) mass is 354 g/mol. The Morgan fingerprint density at radius 1 is 0.536 bits per heavy atom. The van der Waals surface area contributed by atoms with Crippen LogP contribution in [0.2, 0.25) is 0 Å². The van der Waals surface area contributed by atoms with Gasteiger partial charge in [0.15, 0.2) is 0 Å². The fraction of sp³-hybridized carbons (Fsp3) is 0.0714. The summed E-state index contributed by atoms with van der Waals surface area (Å²) in [4.78, 5) is 0. The predicted octanol–water partition coefficient (Wildman–Crippen LogP) is 6.92. The maximum Gasteiger partial charge on any atom is 0.0358 e. The first kappa shape index (κ1) is 14.6. The molecule has 130 valence electrons. The van der Waals surface area contributed by atoms with Crippen molar-refractivity contribution in [3.05, 3.63) is 118 Å². The van der Waals surface area contributed by atoms with Crippen LogP contribution in [0.4, 0.5) is 0 Å². The summed E-state index contributed by atoms with van der Waals surface area (Å²) in [6, 6.07) is 31.6. The van der Waals surface area contributed by atoms with Crippen molar-refractivity contribution < 1.29 is 0 Å². The molecular weight excluding hydrogens is 336 g/mol. The lowest BCUT2D eigenvalue weighted by atomic mass is 9.72. The van der Waals surface area contributed by atoms with Gasteiger partial charge in [-0.3, -0.25) is 0 Å². The highest BCUT2D eigenvalue weighted by molar-refractivity contribution is 6.07. The van der Waals surface area contributed by atoms with Gasteiger partial charge in [-0.2, -0.15) is 0 Å². The minimum Gasteiger partial charge on any atom is -0.0619 e. The molecule has 0 heteroatoms. The lowest BCUT2D eigenvalue weighted by Gasteiger charge is -2.30. The van der Waals surface area contributed by atoms with Crippen molar-refractivity contribution in [2.24, 2.45) is 0 Å². The first-order valence-electron chi connectivity index (χ1n) is 10.0. The predicted molar refractivity (Wildman–Crippen MR) is 116 cm³/mol. The molecule has 3 aliphatic rings. The zero-order valence-corrected chi connectivity index (χ0v) is 15.4. The quantitative estimate of drug-likeness (QED) is 0.283. The largest absolute Gasteiger partial charge is 0.0619 e. The number of fused-ring (bicyclic) bond motifs is 12. The smallest absolute Gasteiger partial charge is 0.0358 e. The fourth-order valence-electron chi connectivity index (χ4n) is 5.61. The summed E-state index contributed by atoms with van der Waals surface area (Å²) in [7, 11) is 0. The van der Waals surface area contributed by atoms with Crippen LogP contribution in [0, 0.1) is 0 Å².